The van der Waals surface area contributed by atoms with Crippen molar-refractivity contribution in [3.8, 4) is 16.9 Å². The van der Waals surface area contributed by atoms with Crippen LogP contribution in [0.1, 0.15) is 0 Å². The second kappa shape index (κ2) is 4.49. The number of nitrogens with two attached hydrogens (primary N) is 1. The minimum atomic E-state index is 0.705. The van der Waals surface area contributed by atoms with Gasteiger partial charge in [0.2, 0.25) is 0 Å². The molecule has 0 atom stereocenters. The predicted molar refractivity (Wildman–Crippen MR) is 70.1 cm³/mol. The zero-order chi connectivity index (χ0) is 11.5. The molecule has 3 heteroatoms. The molecule has 0 aliphatic heterocycles. The molecule has 2 aromatic rings. The van der Waals surface area contributed by atoms with Gasteiger partial charge in [-0.05, 0) is 23.8 Å². The highest BCUT2D eigenvalue weighted by atomic mass is 32.1. The number of para-hydroxylation sites is 1. The molecule has 2 aromatic carbocycles. The highest BCUT2D eigenvalue weighted by Gasteiger charge is 2.04. The third-order valence-corrected chi connectivity index (χ3v) is 2.87. The van der Waals surface area contributed by atoms with Crippen LogP contribution in [0.25, 0.3) is 11.1 Å². The second-order valence-electron chi connectivity index (χ2n) is 3.47. The summed E-state index contributed by atoms with van der Waals surface area (Å²) in [6, 6.07) is 13.6. The molecule has 0 unspecified atom stereocenters. The van der Waals surface area contributed by atoms with Gasteiger partial charge in [-0.3, -0.25) is 0 Å². The summed E-state index contributed by atoms with van der Waals surface area (Å²) >= 11 is 4.31. The molecule has 0 saturated heterocycles. The van der Waals surface area contributed by atoms with Gasteiger partial charge in [0.05, 0.1) is 12.8 Å². The van der Waals surface area contributed by atoms with E-state index < -0.39 is 0 Å². The van der Waals surface area contributed by atoms with E-state index in [0.717, 1.165) is 21.8 Å². The quantitative estimate of drug-likeness (QED) is 0.615. The van der Waals surface area contributed by atoms with Crippen molar-refractivity contribution < 1.29 is 4.74 Å². The molecule has 0 amide bonds. The van der Waals surface area contributed by atoms with Gasteiger partial charge in [-0.15, -0.1) is 12.6 Å². The lowest BCUT2D eigenvalue weighted by atomic mass is 10.0. The zero-order valence-electron chi connectivity index (χ0n) is 8.97. The largest absolute Gasteiger partial charge is 0.497 e. The van der Waals surface area contributed by atoms with Gasteiger partial charge in [-0.25, -0.2) is 0 Å². The van der Waals surface area contributed by atoms with Gasteiger partial charge in [0, 0.05) is 10.5 Å². The van der Waals surface area contributed by atoms with E-state index in [0.29, 0.717) is 5.69 Å². The fraction of sp³-hybridized carbons (Fsp3) is 0.0769. The normalized spacial score (nSPS) is 10.1. The number of nitrogen functional groups attached to an aromatic ring is 1. The average molecular weight is 231 g/mol. The van der Waals surface area contributed by atoms with Gasteiger partial charge in [-0.1, -0.05) is 24.3 Å². The average Bonchev–Trinajstić information content (AvgIpc) is 2.33. The van der Waals surface area contributed by atoms with Gasteiger partial charge in [0.15, 0.2) is 0 Å². The highest BCUT2D eigenvalue weighted by Crippen LogP contribution is 2.31. The summed E-state index contributed by atoms with van der Waals surface area (Å²) in [6.45, 7) is 0. The maximum absolute atomic E-state index is 5.98. The minimum Gasteiger partial charge on any atom is -0.497 e. The first kappa shape index (κ1) is 10.9. The molecular formula is C13H13NOS. The Balaban J connectivity index is 2.46. The Labute approximate surface area is 100 Å². The van der Waals surface area contributed by atoms with E-state index in [1.54, 1.807) is 7.11 Å². The maximum atomic E-state index is 5.98. The number of hydrogen-bond acceptors (Lipinski definition) is 3. The van der Waals surface area contributed by atoms with Gasteiger partial charge in [0.25, 0.3) is 0 Å². The molecule has 82 valence electrons. The van der Waals surface area contributed by atoms with Crippen molar-refractivity contribution in [3.05, 3.63) is 42.5 Å². The molecule has 0 aliphatic carbocycles. The Morgan fingerprint density at radius 1 is 1.06 bits per heavy atom. The Bertz CT molecular complexity index is 494. The van der Waals surface area contributed by atoms with E-state index in [2.05, 4.69) is 12.6 Å². The summed E-state index contributed by atoms with van der Waals surface area (Å²) in [5.74, 6) is 0.837. The van der Waals surface area contributed by atoms with Gasteiger partial charge in [0.1, 0.15) is 5.75 Å². The molecule has 2 N–H and O–H groups in total. The molecule has 0 bridgehead atoms. The summed E-state index contributed by atoms with van der Waals surface area (Å²) in [4.78, 5) is 0.799. The van der Waals surface area contributed by atoms with Crippen molar-refractivity contribution in [2.75, 3.05) is 12.8 Å². The van der Waals surface area contributed by atoms with Crippen molar-refractivity contribution in [2.24, 2.45) is 0 Å². The monoisotopic (exact) mass is 231 g/mol. The molecule has 0 heterocycles. The fourth-order valence-corrected chi connectivity index (χ4v) is 1.78. The fourth-order valence-electron chi connectivity index (χ4n) is 1.58. The lowest BCUT2D eigenvalue weighted by Gasteiger charge is -2.08. The van der Waals surface area contributed by atoms with Crippen molar-refractivity contribution in [1.82, 2.24) is 0 Å². The van der Waals surface area contributed by atoms with Crippen molar-refractivity contribution >= 4 is 18.3 Å². The SMILES string of the molecule is COc1ccc(-c2cccc(S)c2N)cc1. The Hall–Kier alpha value is -1.61. The number of rotatable bonds is 2. The molecule has 0 aliphatic rings. The smallest absolute Gasteiger partial charge is 0.118 e. The van der Waals surface area contributed by atoms with Crippen LogP contribution in [0.5, 0.6) is 5.75 Å². The molecule has 0 spiro atoms. The Morgan fingerprint density at radius 3 is 2.38 bits per heavy atom. The molecule has 2 rings (SSSR count). The van der Waals surface area contributed by atoms with Crippen LogP contribution in [0.2, 0.25) is 0 Å². The van der Waals surface area contributed by atoms with E-state index >= 15 is 0 Å². The van der Waals surface area contributed by atoms with Crippen molar-refractivity contribution in [2.45, 2.75) is 4.90 Å². The van der Waals surface area contributed by atoms with E-state index in [1.165, 1.54) is 0 Å². The van der Waals surface area contributed by atoms with Crippen LogP contribution >= 0.6 is 12.6 Å². The van der Waals surface area contributed by atoms with Crippen LogP contribution in [0.4, 0.5) is 5.69 Å². The maximum Gasteiger partial charge on any atom is 0.118 e. The molecule has 0 radical (unpaired) electrons. The summed E-state index contributed by atoms with van der Waals surface area (Å²) in [7, 11) is 1.65. The summed E-state index contributed by atoms with van der Waals surface area (Å²) in [5.41, 5.74) is 8.74. The third-order valence-electron chi connectivity index (χ3n) is 2.48. The van der Waals surface area contributed by atoms with Crippen LogP contribution in [-0.2, 0) is 0 Å². The zero-order valence-corrected chi connectivity index (χ0v) is 9.87. The number of benzene rings is 2. The second-order valence-corrected chi connectivity index (χ2v) is 3.95. The summed E-state index contributed by atoms with van der Waals surface area (Å²) in [5, 5.41) is 0. The van der Waals surface area contributed by atoms with Crippen LogP contribution in [0, 0.1) is 0 Å². The highest BCUT2D eigenvalue weighted by molar-refractivity contribution is 7.80. The number of hydrogen-bond donors (Lipinski definition) is 2. The molecule has 0 saturated carbocycles. The molecule has 16 heavy (non-hydrogen) atoms. The summed E-state index contributed by atoms with van der Waals surface area (Å²) in [6.07, 6.45) is 0. The molecular weight excluding hydrogens is 218 g/mol. The lowest BCUT2D eigenvalue weighted by molar-refractivity contribution is 0.415. The lowest BCUT2D eigenvalue weighted by Crippen LogP contribution is -1.91. The van der Waals surface area contributed by atoms with E-state index in [4.69, 9.17) is 10.5 Å². The van der Waals surface area contributed by atoms with Crippen LogP contribution < -0.4 is 10.5 Å². The Morgan fingerprint density at radius 2 is 1.75 bits per heavy atom. The topological polar surface area (TPSA) is 35.2 Å². The molecule has 2 nitrogen and oxygen atoms in total. The van der Waals surface area contributed by atoms with Gasteiger partial charge < -0.3 is 10.5 Å². The number of thiol groups is 1. The van der Waals surface area contributed by atoms with Crippen LogP contribution in [-0.4, -0.2) is 7.11 Å². The third kappa shape index (κ3) is 1.99. The Kier molecular flexibility index (Phi) is 3.06. The van der Waals surface area contributed by atoms with Crippen molar-refractivity contribution in [3.63, 3.8) is 0 Å². The minimum absolute atomic E-state index is 0.705. The number of ether oxygens (including phenoxy) is 1. The summed E-state index contributed by atoms with van der Waals surface area (Å²) < 4.78 is 5.11. The predicted octanol–water partition coefficient (Wildman–Crippen LogP) is 3.23. The van der Waals surface area contributed by atoms with E-state index in [-0.39, 0.29) is 0 Å². The molecule has 0 aromatic heterocycles. The van der Waals surface area contributed by atoms with Gasteiger partial charge in [-0.2, -0.15) is 0 Å². The number of anilines is 1. The van der Waals surface area contributed by atoms with Gasteiger partial charge >= 0.3 is 0 Å². The van der Waals surface area contributed by atoms with E-state index in [1.807, 2.05) is 42.5 Å². The number of methoxy groups -OCH3 is 1. The molecule has 0 fully saturated rings. The first-order valence-corrected chi connectivity index (χ1v) is 5.39. The first-order valence-electron chi connectivity index (χ1n) is 4.94. The van der Waals surface area contributed by atoms with Crippen LogP contribution in [0.15, 0.2) is 47.4 Å². The van der Waals surface area contributed by atoms with Crippen molar-refractivity contribution in [1.29, 1.82) is 0 Å². The first-order chi connectivity index (χ1) is 7.72. The van der Waals surface area contributed by atoms with Crippen LogP contribution in [0.3, 0.4) is 0 Å². The standard InChI is InChI=1S/C13H13NOS/c1-15-10-7-5-9(6-8-10)11-3-2-4-12(16)13(11)14/h2-8,16H,14H2,1H3. The van der Waals surface area contributed by atoms with E-state index in [9.17, 15) is 0 Å².